The summed E-state index contributed by atoms with van der Waals surface area (Å²) in [7, 11) is 0. The molecule has 1 aromatic carbocycles. The lowest BCUT2D eigenvalue weighted by molar-refractivity contribution is -0.115. The fraction of sp³-hybridized carbons (Fsp3) is 0.214. The Bertz CT molecular complexity index is 904. The Morgan fingerprint density at radius 3 is 2.95 bits per heavy atom. The summed E-state index contributed by atoms with van der Waals surface area (Å²) in [6.07, 6.45) is -0.167. The van der Waals surface area contributed by atoms with Crippen LogP contribution in [0.15, 0.2) is 18.2 Å². The first-order chi connectivity index (χ1) is 10.6. The molecule has 0 saturated heterocycles. The van der Waals surface area contributed by atoms with Crippen LogP contribution in [0.5, 0.6) is 0 Å². The van der Waals surface area contributed by atoms with Gasteiger partial charge < -0.3 is 5.32 Å². The van der Waals surface area contributed by atoms with E-state index < -0.39 is 0 Å². The summed E-state index contributed by atoms with van der Waals surface area (Å²) in [4.78, 5) is 12.3. The number of hydrogen-bond acceptors (Lipinski definition) is 6. The molecule has 7 nitrogen and oxygen atoms in total. The van der Waals surface area contributed by atoms with E-state index in [2.05, 4.69) is 20.6 Å². The molecule has 0 aliphatic rings. The Balaban J connectivity index is 1.97. The van der Waals surface area contributed by atoms with Gasteiger partial charge in [-0.1, -0.05) is 23.5 Å². The molecule has 0 atom stereocenters. The van der Waals surface area contributed by atoms with Crippen molar-refractivity contribution in [1.29, 1.82) is 5.26 Å². The predicted octanol–water partition coefficient (Wildman–Crippen LogP) is 2.32. The topological polar surface area (TPSA) is 96.0 Å². The number of nitriles is 1. The molecule has 0 spiro atoms. The average Bonchev–Trinajstić information content (AvgIpc) is 3.04. The van der Waals surface area contributed by atoms with E-state index in [0.717, 1.165) is 26.9 Å². The summed E-state index contributed by atoms with van der Waals surface area (Å²) in [5.41, 5.74) is 2.49. The van der Waals surface area contributed by atoms with Gasteiger partial charge in [-0.3, -0.25) is 4.79 Å². The summed E-state index contributed by atoms with van der Waals surface area (Å²) in [5, 5.41) is 24.6. The largest absolute Gasteiger partial charge is 0.325 e. The Labute approximate surface area is 130 Å². The molecule has 0 aliphatic heterocycles. The number of amides is 1. The number of aryl methyl sites for hydroxylation is 2. The van der Waals surface area contributed by atoms with Crippen LogP contribution in [0, 0.1) is 25.2 Å². The van der Waals surface area contributed by atoms with E-state index in [1.54, 1.807) is 4.52 Å². The lowest BCUT2D eigenvalue weighted by Gasteiger charge is -2.08. The van der Waals surface area contributed by atoms with Crippen LogP contribution in [-0.2, 0) is 4.79 Å². The molecule has 110 valence electrons. The van der Waals surface area contributed by atoms with Gasteiger partial charge in [0, 0.05) is 11.3 Å². The zero-order valence-corrected chi connectivity index (χ0v) is 12.8. The van der Waals surface area contributed by atoms with E-state index in [1.807, 2.05) is 38.1 Å². The van der Waals surface area contributed by atoms with Crippen molar-refractivity contribution >= 4 is 27.9 Å². The highest BCUT2D eigenvalue weighted by atomic mass is 32.1. The molecule has 0 saturated carbocycles. The molecule has 2 aromatic heterocycles. The fourth-order valence-electron chi connectivity index (χ4n) is 1.99. The summed E-state index contributed by atoms with van der Waals surface area (Å²) < 4.78 is 1.69. The highest BCUT2D eigenvalue weighted by Crippen LogP contribution is 2.29. The lowest BCUT2D eigenvalue weighted by Crippen LogP contribution is -2.11. The van der Waals surface area contributed by atoms with E-state index in [-0.39, 0.29) is 12.3 Å². The molecule has 0 fully saturated rings. The summed E-state index contributed by atoms with van der Waals surface area (Å²) in [6.45, 7) is 3.74. The van der Waals surface area contributed by atoms with Crippen molar-refractivity contribution in [3.8, 4) is 16.6 Å². The van der Waals surface area contributed by atoms with Crippen molar-refractivity contribution in [3.63, 3.8) is 0 Å². The quantitative estimate of drug-likeness (QED) is 0.800. The first kappa shape index (κ1) is 14.2. The van der Waals surface area contributed by atoms with Crippen LogP contribution >= 0.6 is 11.3 Å². The van der Waals surface area contributed by atoms with Crippen molar-refractivity contribution in [3.05, 3.63) is 29.6 Å². The number of carbonyl (C=O) groups excluding carboxylic acids is 1. The lowest BCUT2D eigenvalue weighted by atomic mass is 10.1. The summed E-state index contributed by atoms with van der Waals surface area (Å²) in [5.74, 6) is 0.406. The van der Waals surface area contributed by atoms with Crippen molar-refractivity contribution in [1.82, 2.24) is 19.8 Å². The van der Waals surface area contributed by atoms with Crippen LogP contribution in [0.4, 0.5) is 5.69 Å². The standard InChI is InChI=1S/C14H12N6OS/c1-8-3-4-10(7-11(8)16-12(21)5-6-15)13-19-20-9(2)17-18-14(20)22-13/h3-4,7H,5H2,1-2H3,(H,16,21). The number of anilines is 1. The summed E-state index contributed by atoms with van der Waals surface area (Å²) >= 11 is 1.43. The number of hydrogen-bond donors (Lipinski definition) is 1. The molecule has 3 aromatic rings. The highest BCUT2D eigenvalue weighted by molar-refractivity contribution is 7.19. The SMILES string of the molecule is Cc1ccc(-c2nn3c(C)nnc3s2)cc1NC(=O)CC#N. The van der Waals surface area contributed by atoms with Gasteiger partial charge in [0.05, 0.1) is 6.07 Å². The second-order valence-electron chi connectivity index (χ2n) is 4.76. The molecule has 0 radical (unpaired) electrons. The maximum Gasteiger partial charge on any atom is 0.238 e. The van der Waals surface area contributed by atoms with Gasteiger partial charge in [-0.05, 0) is 25.5 Å². The Kier molecular flexibility index (Phi) is 3.56. The molecule has 8 heteroatoms. The van der Waals surface area contributed by atoms with Gasteiger partial charge in [0.15, 0.2) is 5.82 Å². The molecule has 1 N–H and O–H groups in total. The van der Waals surface area contributed by atoms with Crippen LogP contribution in [0.1, 0.15) is 17.8 Å². The minimum Gasteiger partial charge on any atom is -0.325 e. The van der Waals surface area contributed by atoms with E-state index in [4.69, 9.17) is 5.26 Å². The van der Waals surface area contributed by atoms with Gasteiger partial charge in [-0.2, -0.15) is 14.9 Å². The van der Waals surface area contributed by atoms with Crippen LogP contribution in [-0.4, -0.2) is 25.7 Å². The molecular formula is C14H12N6OS. The number of rotatable bonds is 3. The molecule has 2 heterocycles. The molecule has 1 amide bonds. The fourth-order valence-corrected chi connectivity index (χ4v) is 2.87. The third kappa shape index (κ3) is 2.54. The Hall–Kier alpha value is -2.79. The maximum absolute atomic E-state index is 11.6. The Morgan fingerprint density at radius 1 is 1.41 bits per heavy atom. The van der Waals surface area contributed by atoms with Crippen molar-refractivity contribution in [2.24, 2.45) is 0 Å². The number of benzene rings is 1. The number of aromatic nitrogens is 4. The minimum absolute atomic E-state index is 0.167. The van der Waals surface area contributed by atoms with Crippen LogP contribution in [0.25, 0.3) is 15.5 Å². The average molecular weight is 312 g/mol. The zero-order valence-electron chi connectivity index (χ0n) is 12.0. The second kappa shape index (κ2) is 5.54. The van der Waals surface area contributed by atoms with Crippen LogP contribution < -0.4 is 5.32 Å². The molecule has 0 aliphatic carbocycles. The normalized spacial score (nSPS) is 10.6. The van der Waals surface area contributed by atoms with Gasteiger partial charge in [-0.25, -0.2) is 0 Å². The van der Waals surface area contributed by atoms with Gasteiger partial charge in [0.1, 0.15) is 11.4 Å². The van der Waals surface area contributed by atoms with Gasteiger partial charge in [0.25, 0.3) is 0 Å². The molecule has 0 bridgehead atoms. The minimum atomic E-state index is -0.322. The van der Waals surface area contributed by atoms with E-state index in [1.165, 1.54) is 11.3 Å². The van der Waals surface area contributed by atoms with Crippen LogP contribution in [0.2, 0.25) is 0 Å². The summed E-state index contributed by atoms with van der Waals surface area (Å²) in [6, 6.07) is 7.54. The van der Waals surface area contributed by atoms with E-state index in [9.17, 15) is 4.79 Å². The predicted molar refractivity (Wildman–Crippen MR) is 82.4 cm³/mol. The number of nitrogens with zero attached hydrogens (tertiary/aromatic N) is 5. The molecular weight excluding hydrogens is 300 g/mol. The van der Waals surface area contributed by atoms with Crippen molar-refractivity contribution in [2.45, 2.75) is 20.3 Å². The number of nitrogens with one attached hydrogen (secondary N) is 1. The third-order valence-electron chi connectivity index (χ3n) is 3.14. The molecule has 3 rings (SSSR count). The van der Waals surface area contributed by atoms with Crippen LogP contribution in [0.3, 0.4) is 0 Å². The number of carbonyl (C=O) groups is 1. The maximum atomic E-state index is 11.6. The smallest absolute Gasteiger partial charge is 0.238 e. The zero-order chi connectivity index (χ0) is 15.7. The van der Waals surface area contributed by atoms with E-state index in [0.29, 0.717) is 5.69 Å². The Morgan fingerprint density at radius 2 is 2.23 bits per heavy atom. The highest BCUT2D eigenvalue weighted by Gasteiger charge is 2.12. The first-order valence-corrected chi connectivity index (χ1v) is 7.37. The molecule has 22 heavy (non-hydrogen) atoms. The van der Waals surface area contributed by atoms with Gasteiger partial charge in [0.2, 0.25) is 10.9 Å². The van der Waals surface area contributed by atoms with Crippen molar-refractivity contribution in [2.75, 3.05) is 5.32 Å². The number of fused-ring (bicyclic) bond motifs is 1. The third-order valence-corrected chi connectivity index (χ3v) is 4.09. The second-order valence-corrected chi connectivity index (χ2v) is 5.72. The first-order valence-electron chi connectivity index (χ1n) is 6.55. The van der Waals surface area contributed by atoms with E-state index >= 15 is 0 Å². The van der Waals surface area contributed by atoms with Crippen molar-refractivity contribution < 1.29 is 4.79 Å². The molecule has 0 unspecified atom stereocenters. The monoisotopic (exact) mass is 312 g/mol. The van der Waals surface area contributed by atoms with Gasteiger partial charge >= 0.3 is 0 Å². The van der Waals surface area contributed by atoms with Gasteiger partial charge in [-0.15, -0.1) is 10.2 Å².